The number of fused-ring (bicyclic) bond motifs is 10. The second-order valence-electron chi connectivity index (χ2n) is 16.9. The lowest BCUT2D eigenvalue weighted by molar-refractivity contribution is 0.661. The number of nitrogens with one attached hydrogen (secondary N) is 1. The van der Waals surface area contributed by atoms with Gasteiger partial charge in [-0.05, 0) is 126 Å². The van der Waals surface area contributed by atoms with Crippen molar-refractivity contribution >= 4 is 54.9 Å². The summed E-state index contributed by atoms with van der Waals surface area (Å²) < 4.78 is 6.57. The van der Waals surface area contributed by atoms with Crippen LogP contribution in [0.3, 0.4) is 0 Å². The average molecular weight is 807 g/mol. The first kappa shape index (κ1) is 37.8. The Kier molecular flexibility index (Phi) is 9.22. The summed E-state index contributed by atoms with van der Waals surface area (Å²) in [5.41, 5.74) is 17.1. The first-order valence-corrected chi connectivity index (χ1v) is 21.5. The van der Waals surface area contributed by atoms with Gasteiger partial charge < -0.3 is 9.73 Å². The van der Waals surface area contributed by atoms with Crippen LogP contribution in [0.25, 0.3) is 88.0 Å². The molecular formula is C60H42N2O. The van der Waals surface area contributed by atoms with E-state index in [9.17, 15) is 0 Å². The molecule has 3 heteroatoms. The standard InChI is InChI=1S/C32H20O.C28H22N2/c1-2-8-21(9-3-1)22-14-16-24(17-15-22)28-20-25-11-5-7-13-27(25)31-30-26-12-6-4-10-23(26)18-19-29(30)33-32(28)31;1-28(2)26-16-21(20-6-4-3-5-7-20)10-14-24(26)25-15-13-23(17-27(25)28)30-22-11-8-19(18-29)9-12-22/h1-20H;3-17,30H,1-2H3. The van der Waals surface area contributed by atoms with Crippen molar-refractivity contribution in [3.63, 3.8) is 0 Å². The number of nitrogens with zero attached hydrogens (tertiary/aromatic N) is 1. The SMILES string of the molecule is CC1(C)c2cc(Nc3ccc(C#N)cc3)ccc2-c2ccc(-c3ccccc3)cc21.c1ccc(-c2ccc(-c3cc4ccccc4c4c3oc3ccc5ccccc5c34)cc2)cc1. The van der Waals surface area contributed by atoms with Gasteiger partial charge in [0, 0.05) is 33.1 Å². The zero-order chi connectivity index (χ0) is 42.5. The van der Waals surface area contributed by atoms with Crippen LogP contribution in [0.2, 0.25) is 0 Å². The zero-order valence-electron chi connectivity index (χ0n) is 35.1. The Labute approximate surface area is 367 Å². The quantitative estimate of drug-likeness (QED) is 0.188. The molecular weight excluding hydrogens is 765 g/mol. The molecule has 0 atom stereocenters. The smallest absolute Gasteiger partial charge is 0.143 e. The van der Waals surface area contributed by atoms with Gasteiger partial charge in [-0.3, -0.25) is 0 Å². The number of rotatable bonds is 5. The number of benzene rings is 10. The molecule has 1 aliphatic rings. The van der Waals surface area contributed by atoms with Crippen molar-refractivity contribution in [1.29, 1.82) is 5.26 Å². The van der Waals surface area contributed by atoms with Gasteiger partial charge in [0.05, 0.1) is 11.6 Å². The Balaban J connectivity index is 0.000000142. The molecule has 0 saturated heterocycles. The molecule has 0 saturated carbocycles. The summed E-state index contributed by atoms with van der Waals surface area (Å²) in [7, 11) is 0. The van der Waals surface area contributed by atoms with Gasteiger partial charge in [-0.25, -0.2) is 0 Å². The van der Waals surface area contributed by atoms with Crippen LogP contribution in [-0.2, 0) is 5.41 Å². The Bertz CT molecular complexity index is 3540. The van der Waals surface area contributed by atoms with Crippen LogP contribution >= 0.6 is 0 Å². The van der Waals surface area contributed by atoms with Crippen molar-refractivity contribution in [3.05, 3.63) is 229 Å². The molecule has 298 valence electrons. The molecule has 63 heavy (non-hydrogen) atoms. The largest absolute Gasteiger partial charge is 0.455 e. The van der Waals surface area contributed by atoms with Crippen LogP contribution in [-0.4, -0.2) is 0 Å². The Morgan fingerprint density at radius 3 is 1.67 bits per heavy atom. The Hall–Kier alpha value is -8.19. The van der Waals surface area contributed by atoms with Crippen molar-refractivity contribution < 1.29 is 4.42 Å². The van der Waals surface area contributed by atoms with Crippen molar-refractivity contribution in [1.82, 2.24) is 0 Å². The van der Waals surface area contributed by atoms with E-state index < -0.39 is 0 Å². The third-order valence-electron chi connectivity index (χ3n) is 12.7. The Morgan fingerprint density at radius 1 is 0.429 bits per heavy atom. The van der Waals surface area contributed by atoms with E-state index in [1.54, 1.807) is 0 Å². The van der Waals surface area contributed by atoms with E-state index in [4.69, 9.17) is 9.68 Å². The highest BCUT2D eigenvalue weighted by atomic mass is 16.3. The lowest BCUT2D eigenvalue weighted by Crippen LogP contribution is -2.15. The van der Waals surface area contributed by atoms with Crippen LogP contribution in [0.5, 0.6) is 0 Å². The van der Waals surface area contributed by atoms with Crippen LogP contribution < -0.4 is 5.32 Å². The van der Waals surface area contributed by atoms with Crippen molar-refractivity contribution in [3.8, 4) is 50.6 Å². The van der Waals surface area contributed by atoms with Gasteiger partial charge in [0.2, 0.25) is 0 Å². The third kappa shape index (κ3) is 6.70. The van der Waals surface area contributed by atoms with Crippen LogP contribution in [0, 0.1) is 11.3 Å². The van der Waals surface area contributed by atoms with E-state index in [-0.39, 0.29) is 5.41 Å². The highest BCUT2D eigenvalue weighted by Gasteiger charge is 2.36. The minimum atomic E-state index is -0.0716. The fraction of sp³-hybridized carbons (Fsp3) is 0.0500. The van der Waals surface area contributed by atoms with Crippen LogP contribution in [0.15, 0.2) is 217 Å². The number of furan rings is 1. The number of hydrogen-bond donors (Lipinski definition) is 1. The minimum Gasteiger partial charge on any atom is -0.455 e. The second kappa shape index (κ2) is 15.4. The number of nitriles is 1. The summed E-state index contributed by atoms with van der Waals surface area (Å²) in [6.07, 6.45) is 0. The van der Waals surface area contributed by atoms with E-state index in [2.05, 4.69) is 213 Å². The van der Waals surface area contributed by atoms with Crippen molar-refractivity contribution in [2.75, 3.05) is 5.32 Å². The third-order valence-corrected chi connectivity index (χ3v) is 12.7. The fourth-order valence-corrected chi connectivity index (χ4v) is 9.49. The van der Waals surface area contributed by atoms with Crippen molar-refractivity contribution in [2.45, 2.75) is 19.3 Å². The number of hydrogen-bond acceptors (Lipinski definition) is 3. The molecule has 3 nitrogen and oxygen atoms in total. The van der Waals surface area contributed by atoms with Gasteiger partial charge in [-0.1, -0.05) is 172 Å². The minimum absolute atomic E-state index is 0.0716. The highest BCUT2D eigenvalue weighted by Crippen LogP contribution is 2.51. The molecule has 0 aliphatic heterocycles. The van der Waals surface area contributed by atoms with Gasteiger partial charge in [0.15, 0.2) is 0 Å². The molecule has 1 aromatic heterocycles. The monoisotopic (exact) mass is 806 g/mol. The van der Waals surface area contributed by atoms with Crippen LogP contribution in [0.4, 0.5) is 11.4 Å². The van der Waals surface area contributed by atoms with E-state index in [0.717, 1.165) is 33.7 Å². The van der Waals surface area contributed by atoms with Gasteiger partial charge in [-0.15, -0.1) is 0 Å². The molecule has 0 radical (unpaired) electrons. The molecule has 0 bridgehead atoms. The summed E-state index contributed by atoms with van der Waals surface area (Å²) in [5.74, 6) is 0. The van der Waals surface area contributed by atoms with E-state index in [1.165, 1.54) is 76.8 Å². The normalized spacial score (nSPS) is 12.4. The van der Waals surface area contributed by atoms with Crippen LogP contribution in [0.1, 0.15) is 30.5 Å². The summed E-state index contributed by atoms with van der Waals surface area (Å²) >= 11 is 0. The summed E-state index contributed by atoms with van der Waals surface area (Å²) in [5, 5.41) is 19.8. The molecule has 10 aromatic carbocycles. The lowest BCUT2D eigenvalue weighted by atomic mass is 9.81. The lowest BCUT2D eigenvalue weighted by Gasteiger charge is -2.22. The molecule has 0 fully saturated rings. The van der Waals surface area contributed by atoms with Gasteiger partial charge in [-0.2, -0.15) is 5.26 Å². The van der Waals surface area contributed by atoms with Gasteiger partial charge >= 0.3 is 0 Å². The maximum atomic E-state index is 8.99. The summed E-state index contributed by atoms with van der Waals surface area (Å²) in [6, 6.07) is 76.7. The predicted molar refractivity (Wildman–Crippen MR) is 263 cm³/mol. The highest BCUT2D eigenvalue weighted by molar-refractivity contribution is 6.28. The number of anilines is 2. The van der Waals surface area contributed by atoms with E-state index in [1.807, 2.05) is 24.3 Å². The molecule has 1 aliphatic carbocycles. The van der Waals surface area contributed by atoms with Crippen molar-refractivity contribution in [2.24, 2.45) is 0 Å². The Morgan fingerprint density at radius 2 is 0.968 bits per heavy atom. The molecule has 11 aromatic rings. The zero-order valence-corrected chi connectivity index (χ0v) is 35.1. The molecule has 1 heterocycles. The van der Waals surface area contributed by atoms with Gasteiger partial charge in [0.1, 0.15) is 11.2 Å². The van der Waals surface area contributed by atoms with Gasteiger partial charge in [0.25, 0.3) is 0 Å². The molecule has 0 amide bonds. The maximum absolute atomic E-state index is 8.99. The molecule has 0 unspecified atom stereocenters. The molecule has 12 rings (SSSR count). The first-order valence-electron chi connectivity index (χ1n) is 21.5. The fourth-order valence-electron chi connectivity index (χ4n) is 9.49. The second-order valence-corrected chi connectivity index (χ2v) is 16.9. The topological polar surface area (TPSA) is 49.0 Å². The molecule has 0 spiro atoms. The predicted octanol–water partition coefficient (Wildman–Crippen LogP) is 16.5. The maximum Gasteiger partial charge on any atom is 0.143 e. The molecule has 1 N–H and O–H groups in total. The first-order chi connectivity index (χ1) is 30.9. The average Bonchev–Trinajstić information content (AvgIpc) is 3.85. The van der Waals surface area contributed by atoms with E-state index >= 15 is 0 Å². The van der Waals surface area contributed by atoms with E-state index in [0.29, 0.717) is 5.56 Å². The summed E-state index contributed by atoms with van der Waals surface area (Å²) in [4.78, 5) is 0. The summed E-state index contributed by atoms with van der Waals surface area (Å²) in [6.45, 7) is 4.61.